The molecule has 0 aliphatic carbocycles. The third kappa shape index (κ3) is 5.20. The highest BCUT2D eigenvalue weighted by molar-refractivity contribution is 6.68. The summed E-state index contributed by atoms with van der Waals surface area (Å²) < 4.78 is 3.33. The van der Waals surface area contributed by atoms with Crippen molar-refractivity contribution in [2.75, 3.05) is 12.4 Å². The van der Waals surface area contributed by atoms with Crippen LogP contribution in [0.5, 0.6) is 5.75 Å². The van der Waals surface area contributed by atoms with Crippen LogP contribution in [0.25, 0.3) is 0 Å². The van der Waals surface area contributed by atoms with Crippen LogP contribution in [0.2, 0.25) is 0 Å². The average Bonchev–Trinajstić information content (AvgIpc) is 2.54. The number of carbonyl (C=O) groups is 1. The van der Waals surface area contributed by atoms with E-state index in [-0.39, 0.29) is 5.91 Å². The number of benzene rings is 2. The number of amides is 1. The molecule has 4 nitrogen and oxygen atoms in total. The normalized spacial score (nSPS) is 12.3. The number of nitrogens with one attached hydrogen (secondary N) is 2. The first kappa shape index (κ1) is 17.7. The van der Waals surface area contributed by atoms with E-state index in [0.29, 0.717) is 11.3 Å². The van der Waals surface area contributed by atoms with Gasteiger partial charge in [0.05, 0.1) is 7.11 Å². The fourth-order valence-corrected chi connectivity index (χ4v) is 2.18. The fourth-order valence-electron chi connectivity index (χ4n) is 1.86. The first-order valence-corrected chi connectivity index (χ1v) is 7.87. The van der Waals surface area contributed by atoms with E-state index < -0.39 is 9.96 Å². The molecule has 0 aliphatic heterocycles. The highest BCUT2D eigenvalue weighted by atomic mass is 35.6. The van der Waals surface area contributed by atoms with Gasteiger partial charge >= 0.3 is 0 Å². The van der Waals surface area contributed by atoms with Crippen molar-refractivity contribution in [1.82, 2.24) is 5.32 Å². The highest BCUT2D eigenvalue weighted by Gasteiger charge is 2.34. The van der Waals surface area contributed by atoms with E-state index in [9.17, 15) is 4.79 Å². The second-order valence-electron chi connectivity index (χ2n) is 4.69. The lowest BCUT2D eigenvalue weighted by Gasteiger charge is -2.27. The maximum atomic E-state index is 12.3. The van der Waals surface area contributed by atoms with Gasteiger partial charge in [0.2, 0.25) is 3.79 Å². The molecule has 0 aliphatic rings. The standard InChI is InChI=1S/C16H15Cl3N2O2/c1-23-13-9-7-11(8-10-13)14(22)21-15(16(17,18)19)20-12-5-3-2-4-6-12/h2-10,15,20H,1H3,(H,21,22)/t15-/m0/s1. The summed E-state index contributed by atoms with van der Waals surface area (Å²) in [6, 6.07) is 15.8. The van der Waals surface area contributed by atoms with Crippen LogP contribution in [0.3, 0.4) is 0 Å². The second-order valence-corrected chi connectivity index (χ2v) is 7.06. The van der Waals surface area contributed by atoms with Crippen molar-refractivity contribution in [3.8, 4) is 5.75 Å². The lowest BCUT2D eigenvalue weighted by Crippen LogP contribution is -2.49. The smallest absolute Gasteiger partial charge is 0.252 e. The van der Waals surface area contributed by atoms with Crippen molar-refractivity contribution in [2.24, 2.45) is 0 Å². The molecule has 0 fully saturated rings. The Balaban J connectivity index is 2.12. The number of hydrogen-bond acceptors (Lipinski definition) is 3. The molecular formula is C16H15Cl3N2O2. The van der Waals surface area contributed by atoms with Crippen molar-refractivity contribution < 1.29 is 9.53 Å². The van der Waals surface area contributed by atoms with Gasteiger partial charge in [-0.2, -0.15) is 0 Å². The topological polar surface area (TPSA) is 50.4 Å². The highest BCUT2D eigenvalue weighted by Crippen LogP contribution is 2.31. The Morgan fingerprint density at radius 1 is 1.04 bits per heavy atom. The largest absolute Gasteiger partial charge is 0.497 e. The molecule has 0 saturated heterocycles. The molecule has 2 aromatic carbocycles. The number of halogens is 3. The first-order chi connectivity index (χ1) is 10.9. The number of alkyl halides is 3. The number of methoxy groups -OCH3 is 1. The number of carbonyl (C=O) groups excluding carboxylic acids is 1. The Morgan fingerprint density at radius 2 is 1.65 bits per heavy atom. The van der Waals surface area contributed by atoms with Gasteiger partial charge in [-0.3, -0.25) is 4.79 Å². The zero-order valence-electron chi connectivity index (χ0n) is 12.2. The molecule has 0 spiro atoms. The van der Waals surface area contributed by atoms with Gasteiger partial charge in [0, 0.05) is 11.3 Å². The molecule has 122 valence electrons. The van der Waals surface area contributed by atoms with Gasteiger partial charge in [0.15, 0.2) is 0 Å². The Hall–Kier alpha value is -1.62. The maximum Gasteiger partial charge on any atom is 0.252 e. The molecule has 0 aromatic heterocycles. The van der Waals surface area contributed by atoms with Crippen molar-refractivity contribution >= 4 is 46.4 Å². The van der Waals surface area contributed by atoms with Crippen LogP contribution in [0.15, 0.2) is 54.6 Å². The lowest BCUT2D eigenvalue weighted by molar-refractivity contribution is 0.0942. The number of rotatable bonds is 5. The molecule has 0 heterocycles. The first-order valence-electron chi connectivity index (χ1n) is 6.73. The molecule has 23 heavy (non-hydrogen) atoms. The molecule has 1 atom stereocenters. The molecular weight excluding hydrogens is 359 g/mol. The minimum atomic E-state index is -1.72. The summed E-state index contributed by atoms with van der Waals surface area (Å²) >= 11 is 17.9. The van der Waals surface area contributed by atoms with Crippen LogP contribution in [-0.2, 0) is 0 Å². The molecule has 7 heteroatoms. The molecule has 2 N–H and O–H groups in total. The molecule has 0 unspecified atom stereocenters. The number of para-hydroxylation sites is 1. The molecule has 0 bridgehead atoms. The predicted octanol–water partition coefficient (Wildman–Crippen LogP) is 4.23. The average molecular weight is 374 g/mol. The number of ether oxygens (including phenoxy) is 1. The molecule has 1 amide bonds. The summed E-state index contributed by atoms with van der Waals surface area (Å²) in [5, 5.41) is 5.66. The van der Waals surface area contributed by atoms with Gasteiger partial charge in [0.25, 0.3) is 5.91 Å². The van der Waals surface area contributed by atoms with E-state index in [1.54, 1.807) is 31.4 Å². The zero-order valence-corrected chi connectivity index (χ0v) is 14.5. The van der Waals surface area contributed by atoms with Gasteiger partial charge in [0.1, 0.15) is 11.9 Å². The van der Waals surface area contributed by atoms with Crippen molar-refractivity contribution in [2.45, 2.75) is 9.96 Å². The van der Waals surface area contributed by atoms with E-state index in [4.69, 9.17) is 39.5 Å². The van der Waals surface area contributed by atoms with Crippen LogP contribution in [0.4, 0.5) is 5.69 Å². The molecule has 2 aromatic rings. The van der Waals surface area contributed by atoms with Gasteiger partial charge in [-0.15, -0.1) is 0 Å². The fraction of sp³-hybridized carbons (Fsp3) is 0.188. The molecule has 2 rings (SSSR count). The van der Waals surface area contributed by atoms with Crippen LogP contribution < -0.4 is 15.4 Å². The third-order valence-electron chi connectivity index (χ3n) is 3.04. The molecule has 0 saturated carbocycles. The summed E-state index contributed by atoms with van der Waals surface area (Å²) in [6.07, 6.45) is -0.899. The van der Waals surface area contributed by atoms with Gasteiger partial charge in [-0.1, -0.05) is 53.0 Å². The van der Waals surface area contributed by atoms with Crippen LogP contribution in [-0.4, -0.2) is 23.0 Å². The van der Waals surface area contributed by atoms with Gasteiger partial charge in [-0.05, 0) is 36.4 Å². The summed E-state index contributed by atoms with van der Waals surface area (Å²) in [4.78, 5) is 12.3. The predicted molar refractivity (Wildman–Crippen MR) is 94.6 cm³/mol. The maximum absolute atomic E-state index is 12.3. The Bertz CT molecular complexity index is 643. The van der Waals surface area contributed by atoms with E-state index in [1.807, 2.05) is 30.3 Å². The molecule has 0 radical (unpaired) electrons. The quantitative estimate of drug-likeness (QED) is 0.609. The summed E-state index contributed by atoms with van der Waals surface area (Å²) in [6.45, 7) is 0. The summed E-state index contributed by atoms with van der Waals surface area (Å²) in [7, 11) is 1.55. The van der Waals surface area contributed by atoms with E-state index >= 15 is 0 Å². The van der Waals surface area contributed by atoms with E-state index in [1.165, 1.54) is 0 Å². The summed E-state index contributed by atoms with van der Waals surface area (Å²) in [5.74, 6) is 0.286. The van der Waals surface area contributed by atoms with E-state index in [2.05, 4.69) is 10.6 Å². The van der Waals surface area contributed by atoms with Crippen molar-refractivity contribution in [3.05, 3.63) is 60.2 Å². The van der Waals surface area contributed by atoms with Crippen LogP contribution >= 0.6 is 34.8 Å². The Kier molecular flexibility index (Phi) is 5.99. The zero-order chi connectivity index (χ0) is 16.9. The third-order valence-corrected chi connectivity index (χ3v) is 3.69. The monoisotopic (exact) mass is 372 g/mol. The van der Waals surface area contributed by atoms with Crippen LogP contribution in [0.1, 0.15) is 10.4 Å². The minimum absolute atomic E-state index is 0.368. The Morgan fingerprint density at radius 3 is 2.17 bits per heavy atom. The minimum Gasteiger partial charge on any atom is -0.497 e. The van der Waals surface area contributed by atoms with E-state index in [0.717, 1.165) is 5.69 Å². The second kappa shape index (κ2) is 7.77. The Labute approximate surface area is 149 Å². The summed E-state index contributed by atoms with van der Waals surface area (Å²) in [5.41, 5.74) is 1.15. The van der Waals surface area contributed by atoms with Crippen LogP contribution in [0, 0.1) is 0 Å². The lowest BCUT2D eigenvalue weighted by atomic mass is 10.2. The number of anilines is 1. The van der Waals surface area contributed by atoms with Gasteiger partial charge < -0.3 is 15.4 Å². The van der Waals surface area contributed by atoms with Gasteiger partial charge in [-0.25, -0.2) is 0 Å². The SMILES string of the molecule is COc1ccc(C(=O)N[C@H](Nc2ccccc2)C(Cl)(Cl)Cl)cc1. The number of hydrogen-bond donors (Lipinski definition) is 2. The van der Waals surface area contributed by atoms with Crippen molar-refractivity contribution in [1.29, 1.82) is 0 Å². The van der Waals surface area contributed by atoms with Crippen molar-refractivity contribution in [3.63, 3.8) is 0 Å².